The molecular weight excluding hydrogens is 392 g/mol. The number of alkyl halides is 1. The second kappa shape index (κ2) is 7.73. The van der Waals surface area contributed by atoms with E-state index in [0.717, 1.165) is 18.2 Å². The van der Waals surface area contributed by atoms with Crippen LogP contribution in [0.15, 0.2) is 53.2 Å². The van der Waals surface area contributed by atoms with Crippen LogP contribution in [0.25, 0.3) is 0 Å². The Morgan fingerprint density at radius 1 is 1.22 bits per heavy atom. The van der Waals surface area contributed by atoms with Gasteiger partial charge in [-0.2, -0.15) is 5.26 Å². The van der Waals surface area contributed by atoms with Crippen molar-refractivity contribution in [3.8, 4) is 6.07 Å². The first kappa shape index (κ1) is 20.0. The molecule has 0 heterocycles. The Labute approximate surface area is 163 Å². The quantitative estimate of drug-likeness (QED) is 0.672. The highest BCUT2D eigenvalue weighted by Gasteiger charge is 2.54. The molecule has 0 aliphatic heterocycles. The van der Waals surface area contributed by atoms with Crippen molar-refractivity contribution in [3.63, 3.8) is 0 Å². The monoisotopic (exact) mass is 411 g/mol. The van der Waals surface area contributed by atoms with Gasteiger partial charge in [-0.3, -0.25) is 0 Å². The molecule has 27 heavy (non-hydrogen) atoms. The van der Waals surface area contributed by atoms with Crippen molar-refractivity contribution in [2.24, 2.45) is 11.8 Å². The molecule has 7 heteroatoms. The summed E-state index contributed by atoms with van der Waals surface area (Å²) in [6.07, 6.45) is 3.32. The third kappa shape index (κ3) is 3.68. The summed E-state index contributed by atoms with van der Waals surface area (Å²) in [5, 5.41) is 9.33. The van der Waals surface area contributed by atoms with E-state index in [0.29, 0.717) is 24.3 Å². The number of nitrogens with zero attached hydrogens (tertiary/aromatic N) is 1. The lowest BCUT2D eigenvalue weighted by Gasteiger charge is -2.44. The van der Waals surface area contributed by atoms with Gasteiger partial charge in [-0.1, -0.05) is 11.6 Å². The van der Waals surface area contributed by atoms with Crippen LogP contribution in [0, 0.1) is 23.2 Å². The number of hydrogen-bond donors (Lipinski definition) is 0. The van der Waals surface area contributed by atoms with Gasteiger partial charge in [0.05, 0.1) is 15.7 Å². The molecule has 2 atom stereocenters. The molecule has 1 aromatic carbocycles. The van der Waals surface area contributed by atoms with E-state index in [1.165, 1.54) is 24.3 Å². The van der Waals surface area contributed by atoms with E-state index >= 15 is 0 Å². The van der Waals surface area contributed by atoms with Gasteiger partial charge in [-0.05, 0) is 74.1 Å². The first-order valence-electron chi connectivity index (χ1n) is 8.87. The first-order chi connectivity index (χ1) is 12.8. The number of benzene rings is 1. The summed E-state index contributed by atoms with van der Waals surface area (Å²) in [6.45, 7) is 0. The van der Waals surface area contributed by atoms with Gasteiger partial charge in [0.2, 0.25) is 0 Å². The van der Waals surface area contributed by atoms with Crippen LogP contribution in [-0.2, 0) is 9.84 Å². The SMILES string of the molecule is N#CCC1CCC([C@@H]2C=C(F)C=CC2F)(S(=O)(=O)c2ccc(Cl)cc2)CC1. The van der Waals surface area contributed by atoms with Gasteiger partial charge in [-0.25, -0.2) is 17.2 Å². The summed E-state index contributed by atoms with van der Waals surface area (Å²) in [6, 6.07) is 7.89. The van der Waals surface area contributed by atoms with E-state index in [1.807, 2.05) is 0 Å². The number of sulfone groups is 1. The van der Waals surface area contributed by atoms with Crippen LogP contribution in [-0.4, -0.2) is 19.3 Å². The zero-order valence-corrected chi connectivity index (χ0v) is 16.2. The third-order valence-electron chi connectivity index (χ3n) is 5.72. The topological polar surface area (TPSA) is 57.9 Å². The zero-order valence-electron chi connectivity index (χ0n) is 14.6. The molecule has 1 saturated carbocycles. The van der Waals surface area contributed by atoms with Crippen molar-refractivity contribution >= 4 is 21.4 Å². The van der Waals surface area contributed by atoms with Gasteiger partial charge >= 0.3 is 0 Å². The van der Waals surface area contributed by atoms with Crippen molar-refractivity contribution in [2.75, 3.05) is 0 Å². The van der Waals surface area contributed by atoms with E-state index in [-0.39, 0.29) is 23.7 Å². The molecule has 0 radical (unpaired) electrons. The molecule has 1 fully saturated rings. The van der Waals surface area contributed by atoms with E-state index in [2.05, 4.69) is 6.07 Å². The van der Waals surface area contributed by atoms with E-state index in [1.54, 1.807) is 0 Å². The van der Waals surface area contributed by atoms with Crippen LogP contribution < -0.4 is 0 Å². The van der Waals surface area contributed by atoms with Gasteiger partial charge in [0.15, 0.2) is 9.84 Å². The molecule has 1 aromatic rings. The molecule has 0 N–H and O–H groups in total. The van der Waals surface area contributed by atoms with E-state index < -0.39 is 32.5 Å². The molecule has 0 spiro atoms. The van der Waals surface area contributed by atoms with E-state index in [9.17, 15) is 17.2 Å². The number of hydrogen-bond acceptors (Lipinski definition) is 3. The van der Waals surface area contributed by atoms with Gasteiger partial charge in [-0.15, -0.1) is 0 Å². The average molecular weight is 412 g/mol. The summed E-state index contributed by atoms with van der Waals surface area (Å²) in [5.74, 6) is -1.65. The van der Waals surface area contributed by atoms with Crippen LogP contribution in [0.1, 0.15) is 32.1 Å². The second-order valence-corrected chi connectivity index (χ2v) is 9.94. The van der Waals surface area contributed by atoms with Crippen molar-refractivity contribution in [1.82, 2.24) is 0 Å². The van der Waals surface area contributed by atoms with Crippen LogP contribution in [0.2, 0.25) is 5.02 Å². The molecule has 1 unspecified atom stereocenters. The lowest BCUT2D eigenvalue weighted by Crippen LogP contribution is -2.51. The highest BCUT2D eigenvalue weighted by molar-refractivity contribution is 7.92. The summed E-state index contributed by atoms with van der Waals surface area (Å²) in [5.41, 5.74) is 0. The molecule has 2 aliphatic carbocycles. The molecule has 0 bridgehead atoms. The van der Waals surface area contributed by atoms with Crippen molar-refractivity contribution in [3.05, 3.63) is 53.3 Å². The fourth-order valence-electron chi connectivity index (χ4n) is 4.19. The van der Waals surface area contributed by atoms with Crippen molar-refractivity contribution in [2.45, 2.75) is 47.9 Å². The molecule has 2 aliphatic rings. The Bertz CT molecular complexity index is 895. The molecule has 3 rings (SSSR count). The van der Waals surface area contributed by atoms with Gasteiger partial charge in [0, 0.05) is 17.4 Å². The maximum atomic E-state index is 14.8. The van der Waals surface area contributed by atoms with Crippen molar-refractivity contribution < 1.29 is 17.2 Å². The van der Waals surface area contributed by atoms with E-state index in [4.69, 9.17) is 16.9 Å². The number of halogens is 3. The third-order valence-corrected chi connectivity index (χ3v) is 8.61. The number of allylic oxidation sites excluding steroid dienone is 4. The molecule has 0 saturated heterocycles. The van der Waals surface area contributed by atoms with Gasteiger partial charge in [0.25, 0.3) is 0 Å². The lowest BCUT2D eigenvalue weighted by atomic mass is 9.72. The average Bonchev–Trinajstić information content (AvgIpc) is 2.65. The molecule has 144 valence electrons. The fraction of sp³-hybridized carbons (Fsp3) is 0.450. The zero-order chi connectivity index (χ0) is 19.7. The second-order valence-electron chi connectivity index (χ2n) is 7.21. The predicted molar refractivity (Wildman–Crippen MR) is 100 cm³/mol. The standard InChI is InChI=1S/C20H20ClF2NO2S/c21-15-1-4-17(5-2-15)27(25,26)20(10-7-14(8-11-20)9-12-24)18-13-16(22)3-6-19(18)23/h1-6,13-14,18-19H,7-11H2/t14?,18-,19?,20?/m1/s1. The number of rotatable bonds is 4. The summed E-state index contributed by atoms with van der Waals surface area (Å²) in [7, 11) is -3.96. The normalized spacial score (nSPS) is 31.2. The Morgan fingerprint density at radius 2 is 1.85 bits per heavy atom. The lowest BCUT2D eigenvalue weighted by molar-refractivity contribution is 0.189. The van der Waals surface area contributed by atoms with Crippen LogP contribution in [0.5, 0.6) is 0 Å². The fourth-order valence-corrected chi connectivity index (χ4v) is 6.61. The van der Waals surface area contributed by atoms with Gasteiger partial charge in [0.1, 0.15) is 12.0 Å². The molecule has 0 aromatic heterocycles. The molecule has 0 amide bonds. The molecule has 3 nitrogen and oxygen atoms in total. The maximum Gasteiger partial charge on any atom is 0.184 e. The highest BCUT2D eigenvalue weighted by atomic mass is 35.5. The Balaban J connectivity index is 2.07. The van der Waals surface area contributed by atoms with Crippen LogP contribution >= 0.6 is 11.6 Å². The first-order valence-corrected chi connectivity index (χ1v) is 10.7. The predicted octanol–water partition coefficient (Wildman–Crippen LogP) is 5.33. The summed E-state index contributed by atoms with van der Waals surface area (Å²) < 4.78 is 54.4. The Kier molecular flexibility index (Phi) is 5.73. The minimum atomic E-state index is -3.96. The maximum absolute atomic E-state index is 14.8. The van der Waals surface area contributed by atoms with Crippen molar-refractivity contribution in [1.29, 1.82) is 5.26 Å². The smallest absolute Gasteiger partial charge is 0.184 e. The Morgan fingerprint density at radius 3 is 2.44 bits per heavy atom. The Hall–Kier alpha value is -1.71. The van der Waals surface area contributed by atoms with Crippen LogP contribution in [0.4, 0.5) is 8.78 Å². The largest absolute Gasteiger partial charge is 0.242 e. The highest BCUT2D eigenvalue weighted by Crippen LogP contribution is 2.49. The number of nitriles is 1. The van der Waals surface area contributed by atoms with Gasteiger partial charge < -0.3 is 0 Å². The summed E-state index contributed by atoms with van der Waals surface area (Å²) >= 11 is 5.87. The van der Waals surface area contributed by atoms with Crippen LogP contribution in [0.3, 0.4) is 0 Å². The molecular formula is C20H20ClF2NO2S. The minimum Gasteiger partial charge on any atom is -0.242 e. The summed E-state index contributed by atoms with van der Waals surface area (Å²) in [4.78, 5) is 0.0567. The minimum absolute atomic E-state index is 0.0567.